The van der Waals surface area contributed by atoms with Gasteiger partial charge in [0.2, 0.25) is 11.8 Å². The predicted octanol–water partition coefficient (Wildman–Crippen LogP) is 0.166. The van der Waals surface area contributed by atoms with Crippen LogP contribution >= 0.6 is 0 Å². The molecule has 5 rings (SSSR count). The minimum atomic E-state index is -0.902. The first-order valence-electron chi connectivity index (χ1n) is 9.06. The summed E-state index contributed by atoms with van der Waals surface area (Å²) in [5.41, 5.74) is 3.27. The molecule has 2 saturated heterocycles. The Morgan fingerprint density at radius 1 is 1.00 bits per heavy atom. The second-order valence-corrected chi connectivity index (χ2v) is 7.89. The third-order valence-electron chi connectivity index (χ3n) is 6.22. The monoisotopic (exact) mass is 353 g/mol. The number of nitrogens with one attached hydrogen (secondary N) is 2. The van der Waals surface area contributed by atoms with Gasteiger partial charge >= 0.3 is 0 Å². The molecule has 0 aromatic heterocycles. The molecule has 7 nitrogen and oxygen atoms in total. The molecule has 1 atom stereocenters. The van der Waals surface area contributed by atoms with Crippen LogP contribution in [0.5, 0.6) is 0 Å². The van der Waals surface area contributed by atoms with Gasteiger partial charge in [-0.3, -0.25) is 29.4 Å². The zero-order valence-electron chi connectivity index (χ0n) is 14.3. The number of amides is 4. The average Bonchev–Trinajstić information content (AvgIpc) is 3.26. The minimum Gasteiger partial charge on any atom is -0.316 e. The highest BCUT2D eigenvalue weighted by Crippen LogP contribution is 2.43. The highest BCUT2D eigenvalue weighted by Gasteiger charge is 2.47. The Balaban J connectivity index is 1.48. The van der Waals surface area contributed by atoms with Crippen LogP contribution in [0.2, 0.25) is 0 Å². The Kier molecular flexibility index (Phi) is 3.16. The number of nitrogens with zero attached hydrogens (tertiary/aromatic N) is 1. The lowest BCUT2D eigenvalue weighted by Crippen LogP contribution is -2.54. The van der Waals surface area contributed by atoms with Gasteiger partial charge in [0.05, 0.1) is 11.1 Å². The Labute approximate surface area is 150 Å². The number of fused-ring (bicyclic) bond motifs is 2. The molecule has 4 amide bonds. The molecule has 2 N–H and O–H groups in total. The molecular weight excluding hydrogens is 334 g/mol. The second kappa shape index (κ2) is 5.23. The number of hydrogen-bond donors (Lipinski definition) is 2. The summed E-state index contributed by atoms with van der Waals surface area (Å²) in [4.78, 5) is 50.3. The number of carbonyl (C=O) groups excluding carboxylic acids is 4. The fraction of sp³-hybridized carbons (Fsp3) is 0.474. The van der Waals surface area contributed by atoms with E-state index in [4.69, 9.17) is 0 Å². The first-order chi connectivity index (χ1) is 12.5. The Hall–Kier alpha value is -2.54. The molecule has 0 bridgehead atoms. The van der Waals surface area contributed by atoms with Gasteiger partial charge < -0.3 is 5.32 Å². The van der Waals surface area contributed by atoms with Crippen LogP contribution in [-0.4, -0.2) is 47.7 Å². The number of piperidine rings is 1. The molecule has 26 heavy (non-hydrogen) atoms. The lowest BCUT2D eigenvalue weighted by atomic mass is 9.84. The van der Waals surface area contributed by atoms with Crippen LogP contribution < -0.4 is 10.6 Å². The first-order valence-corrected chi connectivity index (χ1v) is 9.06. The van der Waals surface area contributed by atoms with E-state index in [1.807, 2.05) is 12.1 Å². The average molecular weight is 353 g/mol. The predicted molar refractivity (Wildman–Crippen MR) is 90.4 cm³/mol. The quantitative estimate of drug-likeness (QED) is 0.702. The molecule has 1 aromatic carbocycles. The molecule has 0 saturated carbocycles. The number of benzene rings is 1. The number of imide groups is 2. The van der Waals surface area contributed by atoms with E-state index in [1.165, 1.54) is 0 Å². The van der Waals surface area contributed by atoms with Gasteiger partial charge in [-0.05, 0) is 60.9 Å². The maximum absolute atomic E-state index is 12.9. The summed E-state index contributed by atoms with van der Waals surface area (Å²) in [5, 5.41) is 5.63. The molecular formula is C19H19N3O4. The van der Waals surface area contributed by atoms with Crippen molar-refractivity contribution in [3.8, 4) is 0 Å². The molecule has 1 spiro atoms. The van der Waals surface area contributed by atoms with E-state index in [9.17, 15) is 19.2 Å². The zero-order valence-corrected chi connectivity index (χ0v) is 14.3. The molecule has 2 fully saturated rings. The van der Waals surface area contributed by atoms with E-state index < -0.39 is 23.8 Å². The smallest absolute Gasteiger partial charge is 0.262 e. The summed E-state index contributed by atoms with van der Waals surface area (Å²) in [5.74, 6) is -1.78. The van der Waals surface area contributed by atoms with Crippen molar-refractivity contribution in [1.29, 1.82) is 0 Å². The SMILES string of the molecule is O=C1CCC(N2C(=O)c3cc4c(cc3C2=O)CC2(CCNC2)C4)C(=O)N1. The van der Waals surface area contributed by atoms with Gasteiger partial charge in [0.1, 0.15) is 6.04 Å². The summed E-state index contributed by atoms with van der Waals surface area (Å²) in [6.45, 7) is 1.98. The van der Waals surface area contributed by atoms with E-state index in [1.54, 1.807) is 0 Å². The zero-order chi connectivity index (χ0) is 18.1. The van der Waals surface area contributed by atoms with E-state index in [0.29, 0.717) is 11.1 Å². The standard InChI is InChI=1S/C19H19N3O4/c23-15-2-1-14(16(24)21-15)22-17(25)12-5-10-7-19(3-4-20-9-19)8-11(10)6-13(12)18(22)26/h5-6,14,20H,1-4,7-9H2,(H,21,23,24). The van der Waals surface area contributed by atoms with Gasteiger partial charge in [-0.15, -0.1) is 0 Å². The van der Waals surface area contributed by atoms with Crippen molar-refractivity contribution in [3.63, 3.8) is 0 Å². The maximum atomic E-state index is 12.9. The van der Waals surface area contributed by atoms with Gasteiger partial charge in [0.25, 0.3) is 11.8 Å². The van der Waals surface area contributed by atoms with Gasteiger partial charge in [-0.2, -0.15) is 0 Å². The highest BCUT2D eigenvalue weighted by atomic mass is 16.2. The van der Waals surface area contributed by atoms with Crippen molar-refractivity contribution in [2.24, 2.45) is 5.41 Å². The van der Waals surface area contributed by atoms with Crippen LogP contribution in [0.4, 0.5) is 0 Å². The van der Waals surface area contributed by atoms with Gasteiger partial charge in [0.15, 0.2) is 0 Å². The molecule has 0 radical (unpaired) electrons. The lowest BCUT2D eigenvalue weighted by molar-refractivity contribution is -0.136. The van der Waals surface area contributed by atoms with Gasteiger partial charge in [-0.1, -0.05) is 0 Å². The Morgan fingerprint density at radius 2 is 1.65 bits per heavy atom. The van der Waals surface area contributed by atoms with E-state index in [0.717, 1.165) is 48.4 Å². The maximum Gasteiger partial charge on any atom is 0.262 e. The minimum absolute atomic E-state index is 0.135. The number of rotatable bonds is 1. The molecule has 1 aliphatic carbocycles. The van der Waals surface area contributed by atoms with Crippen molar-refractivity contribution in [3.05, 3.63) is 34.4 Å². The lowest BCUT2D eigenvalue weighted by Gasteiger charge is -2.27. The molecule has 4 aliphatic rings. The molecule has 1 unspecified atom stereocenters. The Bertz CT molecular complexity index is 838. The number of carbonyl (C=O) groups is 4. The van der Waals surface area contributed by atoms with Gasteiger partial charge in [-0.25, -0.2) is 0 Å². The fourth-order valence-corrected chi connectivity index (χ4v) is 4.90. The summed E-state index contributed by atoms with van der Waals surface area (Å²) >= 11 is 0. The van der Waals surface area contributed by atoms with Crippen molar-refractivity contribution in [1.82, 2.24) is 15.5 Å². The Morgan fingerprint density at radius 3 is 2.19 bits per heavy atom. The second-order valence-electron chi connectivity index (χ2n) is 7.89. The summed E-state index contributed by atoms with van der Waals surface area (Å²) in [6, 6.07) is 2.80. The van der Waals surface area contributed by atoms with Crippen molar-refractivity contribution in [2.75, 3.05) is 13.1 Å². The first kappa shape index (κ1) is 15.7. The summed E-state index contributed by atoms with van der Waals surface area (Å²) < 4.78 is 0. The van der Waals surface area contributed by atoms with Crippen LogP contribution in [0.3, 0.4) is 0 Å². The van der Waals surface area contributed by atoms with Crippen LogP contribution in [0.25, 0.3) is 0 Å². The largest absolute Gasteiger partial charge is 0.316 e. The normalized spacial score (nSPS) is 26.5. The molecule has 134 valence electrons. The van der Waals surface area contributed by atoms with Crippen LogP contribution in [0, 0.1) is 5.41 Å². The third-order valence-corrected chi connectivity index (χ3v) is 6.22. The molecule has 1 aromatic rings. The van der Waals surface area contributed by atoms with Crippen molar-refractivity contribution >= 4 is 23.6 Å². The van der Waals surface area contributed by atoms with Gasteiger partial charge in [0, 0.05) is 13.0 Å². The third kappa shape index (κ3) is 2.10. The van der Waals surface area contributed by atoms with Crippen LogP contribution in [-0.2, 0) is 22.4 Å². The number of hydrogen-bond acceptors (Lipinski definition) is 5. The van der Waals surface area contributed by atoms with Crippen LogP contribution in [0.15, 0.2) is 12.1 Å². The highest BCUT2D eigenvalue weighted by molar-refractivity contribution is 6.23. The molecule has 3 aliphatic heterocycles. The van der Waals surface area contributed by atoms with Crippen LogP contribution in [0.1, 0.15) is 51.1 Å². The summed E-state index contributed by atoms with van der Waals surface area (Å²) in [7, 11) is 0. The molecule has 7 heteroatoms. The van der Waals surface area contributed by atoms with Crippen molar-refractivity contribution < 1.29 is 19.2 Å². The van der Waals surface area contributed by atoms with E-state index >= 15 is 0 Å². The molecule has 3 heterocycles. The fourth-order valence-electron chi connectivity index (χ4n) is 4.90. The topological polar surface area (TPSA) is 95.6 Å². The van der Waals surface area contributed by atoms with Crippen molar-refractivity contribution in [2.45, 2.75) is 38.1 Å². The van der Waals surface area contributed by atoms with E-state index in [2.05, 4.69) is 10.6 Å². The van der Waals surface area contributed by atoms with E-state index in [-0.39, 0.29) is 24.2 Å². The summed E-state index contributed by atoms with van der Waals surface area (Å²) in [6.07, 6.45) is 3.27.